The van der Waals surface area contributed by atoms with Crippen LogP contribution in [0.5, 0.6) is 5.75 Å². The van der Waals surface area contributed by atoms with Gasteiger partial charge in [0.2, 0.25) is 0 Å². The smallest absolute Gasteiger partial charge is 0.129 e. The van der Waals surface area contributed by atoms with E-state index in [0.717, 1.165) is 5.56 Å². The van der Waals surface area contributed by atoms with Crippen LogP contribution in [0.3, 0.4) is 0 Å². The minimum Gasteiger partial charge on any atom is -0.496 e. The molecule has 0 fully saturated rings. The number of halogens is 1. The Kier molecular flexibility index (Phi) is 3.61. The Hall–Kier alpha value is -1.59. The molecule has 2 aromatic rings. The van der Waals surface area contributed by atoms with Crippen molar-refractivity contribution in [2.45, 2.75) is 6.54 Å². The zero-order valence-electron chi connectivity index (χ0n) is 9.43. The molecule has 0 atom stereocenters. The maximum Gasteiger partial charge on any atom is 0.129 e. The highest BCUT2D eigenvalue weighted by Gasteiger charge is 2.13. The number of methoxy groups -OCH3 is 1. The number of ether oxygens (including phenoxy) is 1. The van der Waals surface area contributed by atoms with E-state index >= 15 is 0 Å². The van der Waals surface area contributed by atoms with Gasteiger partial charge in [0.25, 0.3) is 0 Å². The van der Waals surface area contributed by atoms with Gasteiger partial charge in [0.1, 0.15) is 11.4 Å². The summed E-state index contributed by atoms with van der Waals surface area (Å²) in [5.74, 6) is 0.678. The van der Waals surface area contributed by atoms with Gasteiger partial charge in [-0.15, -0.1) is 5.10 Å². The Morgan fingerprint density at radius 3 is 3.00 bits per heavy atom. The zero-order valence-corrected chi connectivity index (χ0v) is 10.2. The van der Waals surface area contributed by atoms with Crippen molar-refractivity contribution in [2.24, 2.45) is 5.73 Å². The normalized spacial score (nSPS) is 10.5. The van der Waals surface area contributed by atoms with Crippen molar-refractivity contribution in [3.63, 3.8) is 0 Å². The molecule has 1 aromatic heterocycles. The molecule has 1 aromatic carbocycles. The van der Waals surface area contributed by atoms with E-state index in [4.69, 9.17) is 22.1 Å². The number of nitrogens with zero attached hydrogens (tertiary/aromatic N) is 3. The van der Waals surface area contributed by atoms with E-state index in [1.807, 2.05) is 12.1 Å². The first-order chi connectivity index (χ1) is 8.26. The molecule has 2 N–H and O–H groups in total. The maximum atomic E-state index is 6.15. The molecule has 2 rings (SSSR count). The van der Waals surface area contributed by atoms with Gasteiger partial charge in [-0.2, -0.15) is 0 Å². The molecule has 0 aliphatic carbocycles. The van der Waals surface area contributed by atoms with Crippen LogP contribution in [-0.4, -0.2) is 28.6 Å². The van der Waals surface area contributed by atoms with Crippen LogP contribution in [0.2, 0.25) is 5.02 Å². The molecule has 0 saturated carbocycles. The molecule has 0 amide bonds. The van der Waals surface area contributed by atoms with Gasteiger partial charge < -0.3 is 10.5 Å². The zero-order chi connectivity index (χ0) is 12.3. The van der Waals surface area contributed by atoms with Gasteiger partial charge in [0.05, 0.1) is 30.4 Å². The summed E-state index contributed by atoms with van der Waals surface area (Å²) in [7, 11) is 1.60. The van der Waals surface area contributed by atoms with E-state index in [2.05, 4.69) is 10.3 Å². The van der Waals surface area contributed by atoms with Gasteiger partial charge in [-0.05, 0) is 12.1 Å². The average molecular weight is 253 g/mol. The first-order valence-electron chi connectivity index (χ1n) is 5.19. The second-order valence-corrected chi connectivity index (χ2v) is 3.88. The lowest BCUT2D eigenvalue weighted by Crippen LogP contribution is -2.10. The van der Waals surface area contributed by atoms with E-state index in [9.17, 15) is 0 Å². The molecule has 17 heavy (non-hydrogen) atoms. The van der Waals surface area contributed by atoms with Crippen LogP contribution in [0, 0.1) is 0 Å². The summed E-state index contributed by atoms with van der Waals surface area (Å²) in [6.07, 6.45) is 1.80. The molecule has 0 aliphatic rings. The van der Waals surface area contributed by atoms with Crippen LogP contribution in [0.25, 0.3) is 11.3 Å². The minimum absolute atomic E-state index is 0.516. The van der Waals surface area contributed by atoms with E-state index in [1.165, 1.54) is 0 Å². The summed E-state index contributed by atoms with van der Waals surface area (Å²) in [6, 6.07) is 5.46. The predicted octanol–water partition coefficient (Wildman–Crippen LogP) is 1.57. The van der Waals surface area contributed by atoms with Crippen LogP contribution in [-0.2, 0) is 6.54 Å². The fourth-order valence-electron chi connectivity index (χ4n) is 1.58. The summed E-state index contributed by atoms with van der Waals surface area (Å²) in [5, 5.41) is 8.63. The lowest BCUT2D eigenvalue weighted by atomic mass is 10.1. The van der Waals surface area contributed by atoms with E-state index in [1.54, 1.807) is 24.1 Å². The lowest BCUT2D eigenvalue weighted by molar-refractivity contribution is 0.416. The van der Waals surface area contributed by atoms with E-state index in [-0.39, 0.29) is 0 Å². The highest BCUT2D eigenvalue weighted by atomic mass is 35.5. The molecule has 6 heteroatoms. The van der Waals surface area contributed by atoms with Crippen LogP contribution in [0.4, 0.5) is 0 Å². The van der Waals surface area contributed by atoms with Crippen molar-refractivity contribution in [1.82, 2.24) is 15.0 Å². The molecule has 0 radical (unpaired) electrons. The van der Waals surface area contributed by atoms with Gasteiger partial charge in [0, 0.05) is 6.54 Å². The fourth-order valence-corrected chi connectivity index (χ4v) is 1.84. The summed E-state index contributed by atoms with van der Waals surface area (Å²) >= 11 is 6.15. The van der Waals surface area contributed by atoms with Gasteiger partial charge in [0.15, 0.2) is 0 Å². The summed E-state index contributed by atoms with van der Waals surface area (Å²) < 4.78 is 6.94. The van der Waals surface area contributed by atoms with Gasteiger partial charge >= 0.3 is 0 Å². The Morgan fingerprint density at radius 2 is 2.29 bits per heavy atom. The molecule has 0 bridgehead atoms. The number of hydrogen-bond acceptors (Lipinski definition) is 4. The SMILES string of the molecule is COc1cccc(Cl)c1-c1cn(CCN)nn1. The van der Waals surface area contributed by atoms with Crippen molar-refractivity contribution < 1.29 is 4.74 Å². The molecule has 1 heterocycles. The van der Waals surface area contributed by atoms with Crippen molar-refractivity contribution in [3.05, 3.63) is 29.4 Å². The van der Waals surface area contributed by atoms with E-state index < -0.39 is 0 Å². The Morgan fingerprint density at radius 1 is 1.47 bits per heavy atom. The van der Waals surface area contributed by atoms with Crippen LogP contribution in [0.1, 0.15) is 0 Å². The highest BCUT2D eigenvalue weighted by molar-refractivity contribution is 6.33. The molecule has 0 saturated heterocycles. The average Bonchev–Trinajstić information content (AvgIpc) is 2.77. The third-order valence-corrected chi connectivity index (χ3v) is 2.66. The molecule has 0 spiro atoms. The highest BCUT2D eigenvalue weighted by Crippen LogP contribution is 2.34. The van der Waals surface area contributed by atoms with Crippen LogP contribution >= 0.6 is 11.6 Å². The third kappa shape index (κ3) is 2.40. The van der Waals surface area contributed by atoms with Crippen LogP contribution < -0.4 is 10.5 Å². The Balaban J connectivity index is 2.44. The van der Waals surface area contributed by atoms with Crippen molar-refractivity contribution in [3.8, 4) is 17.0 Å². The molecule has 0 aliphatic heterocycles. The second kappa shape index (κ2) is 5.16. The quantitative estimate of drug-likeness (QED) is 0.897. The minimum atomic E-state index is 0.516. The first kappa shape index (κ1) is 11.9. The standard InChI is InChI=1S/C11H13ClN4O/c1-17-10-4-2-3-8(12)11(10)9-7-16(6-5-13)15-14-9/h2-4,7H,5-6,13H2,1H3. The first-order valence-corrected chi connectivity index (χ1v) is 5.57. The third-order valence-electron chi connectivity index (χ3n) is 2.35. The van der Waals surface area contributed by atoms with Crippen LogP contribution in [0.15, 0.2) is 24.4 Å². The largest absolute Gasteiger partial charge is 0.496 e. The number of rotatable bonds is 4. The number of hydrogen-bond donors (Lipinski definition) is 1. The molecule has 0 unspecified atom stereocenters. The maximum absolute atomic E-state index is 6.15. The summed E-state index contributed by atoms with van der Waals surface area (Å²) in [4.78, 5) is 0. The van der Waals surface area contributed by atoms with Crippen molar-refractivity contribution in [2.75, 3.05) is 13.7 Å². The lowest BCUT2D eigenvalue weighted by Gasteiger charge is -2.06. The topological polar surface area (TPSA) is 66.0 Å². The fraction of sp³-hybridized carbons (Fsp3) is 0.273. The van der Waals surface area contributed by atoms with Gasteiger partial charge in [-0.25, -0.2) is 0 Å². The Labute approximate surface area is 104 Å². The van der Waals surface area contributed by atoms with Crippen molar-refractivity contribution >= 4 is 11.6 Å². The van der Waals surface area contributed by atoms with Gasteiger partial charge in [-0.1, -0.05) is 22.9 Å². The molecule has 5 nitrogen and oxygen atoms in total. The van der Waals surface area contributed by atoms with E-state index in [0.29, 0.717) is 29.6 Å². The summed E-state index contributed by atoms with van der Waals surface area (Å²) in [6.45, 7) is 1.14. The molecular formula is C11H13ClN4O. The van der Waals surface area contributed by atoms with Gasteiger partial charge in [-0.3, -0.25) is 4.68 Å². The second-order valence-electron chi connectivity index (χ2n) is 3.47. The Bertz CT molecular complexity index is 512. The van der Waals surface area contributed by atoms with Crippen molar-refractivity contribution in [1.29, 1.82) is 0 Å². The molecular weight excluding hydrogens is 240 g/mol. The monoisotopic (exact) mass is 252 g/mol. The number of nitrogens with two attached hydrogens (primary N) is 1. The number of aromatic nitrogens is 3. The molecule has 90 valence electrons. The number of benzene rings is 1. The summed E-state index contributed by atoms with van der Waals surface area (Å²) in [5.41, 5.74) is 6.89. The predicted molar refractivity (Wildman–Crippen MR) is 66.1 cm³/mol.